The molecule has 0 unspecified atom stereocenters. The minimum absolute atomic E-state index is 0. The van der Waals surface area contributed by atoms with Gasteiger partial charge in [0.25, 0.3) is 5.91 Å². The summed E-state index contributed by atoms with van der Waals surface area (Å²) in [6.07, 6.45) is 5.49. The van der Waals surface area contributed by atoms with Gasteiger partial charge < -0.3 is 24.7 Å². The zero-order chi connectivity index (χ0) is 22.3. The summed E-state index contributed by atoms with van der Waals surface area (Å²) in [5, 5.41) is 0. The summed E-state index contributed by atoms with van der Waals surface area (Å²) < 4.78 is 13.4. The molecule has 2 aliphatic rings. The summed E-state index contributed by atoms with van der Waals surface area (Å²) in [5.41, 5.74) is 11.8. The standard InChI is InChI=1S/C25H30N4O3.ClH/c1-17-5-8-27-22-19(15-29(23(17)22)11-12-31-2)24(30)28-9-6-25(7-10-28)16-32-21-4-3-18(14-26)13-20(21)25;/h3-5,8,13,15H,6-7,9-12,14,16,26H2,1-2H3;1H. The molecule has 5 rings (SSSR count). The van der Waals surface area contributed by atoms with Gasteiger partial charge in [-0.1, -0.05) is 12.1 Å². The fourth-order valence-electron chi connectivity index (χ4n) is 5.17. The molecular weight excluding hydrogens is 440 g/mol. The summed E-state index contributed by atoms with van der Waals surface area (Å²) >= 11 is 0. The number of carbonyl (C=O) groups excluding carboxylic acids is 1. The van der Waals surface area contributed by atoms with Crippen molar-refractivity contribution in [2.75, 3.05) is 33.4 Å². The third-order valence-electron chi connectivity index (χ3n) is 7.08. The van der Waals surface area contributed by atoms with Crippen LogP contribution < -0.4 is 10.5 Å². The number of nitrogens with zero attached hydrogens (tertiary/aromatic N) is 3. The van der Waals surface area contributed by atoms with Crippen LogP contribution in [0.1, 0.15) is 39.9 Å². The van der Waals surface area contributed by atoms with Gasteiger partial charge in [0.1, 0.15) is 11.3 Å². The minimum Gasteiger partial charge on any atom is -0.492 e. The third kappa shape index (κ3) is 3.98. The van der Waals surface area contributed by atoms with Crippen LogP contribution in [-0.2, 0) is 23.2 Å². The zero-order valence-electron chi connectivity index (χ0n) is 19.2. The maximum atomic E-state index is 13.6. The Kier molecular flexibility index (Phi) is 6.66. The summed E-state index contributed by atoms with van der Waals surface area (Å²) in [5.74, 6) is 1.01. The summed E-state index contributed by atoms with van der Waals surface area (Å²) in [7, 11) is 1.69. The van der Waals surface area contributed by atoms with Gasteiger partial charge in [0.05, 0.1) is 24.3 Å². The molecule has 2 aliphatic heterocycles. The maximum absolute atomic E-state index is 13.6. The fraction of sp³-hybridized carbons (Fsp3) is 0.440. The Labute approximate surface area is 200 Å². The molecule has 1 spiro atoms. The Morgan fingerprint density at radius 3 is 2.79 bits per heavy atom. The number of amides is 1. The van der Waals surface area contributed by atoms with Crippen LogP contribution in [0.3, 0.4) is 0 Å². The van der Waals surface area contributed by atoms with E-state index in [0.29, 0.717) is 45.0 Å². The van der Waals surface area contributed by atoms with Crippen LogP contribution in [0.25, 0.3) is 11.0 Å². The van der Waals surface area contributed by atoms with E-state index in [1.165, 1.54) is 5.56 Å². The van der Waals surface area contributed by atoms with E-state index in [0.717, 1.165) is 40.8 Å². The fourth-order valence-corrected chi connectivity index (χ4v) is 5.17. The van der Waals surface area contributed by atoms with Gasteiger partial charge in [-0.2, -0.15) is 0 Å². The quantitative estimate of drug-likeness (QED) is 0.617. The lowest BCUT2D eigenvalue weighted by Gasteiger charge is -2.38. The molecule has 2 N–H and O–H groups in total. The molecule has 2 aromatic heterocycles. The lowest BCUT2D eigenvalue weighted by molar-refractivity contribution is 0.0648. The number of hydrogen-bond acceptors (Lipinski definition) is 5. The molecule has 33 heavy (non-hydrogen) atoms. The van der Waals surface area contributed by atoms with Gasteiger partial charge in [-0.25, -0.2) is 0 Å². The van der Waals surface area contributed by atoms with E-state index in [4.69, 9.17) is 15.2 Å². The van der Waals surface area contributed by atoms with Crippen molar-refractivity contribution in [3.8, 4) is 5.75 Å². The van der Waals surface area contributed by atoms with Crippen LogP contribution in [-0.4, -0.2) is 53.8 Å². The highest BCUT2D eigenvalue weighted by Gasteiger charge is 2.44. The lowest BCUT2D eigenvalue weighted by Crippen LogP contribution is -2.46. The largest absolute Gasteiger partial charge is 0.492 e. The Morgan fingerprint density at radius 1 is 1.27 bits per heavy atom. The van der Waals surface area contributed by atoms with E-state index in [9.17, 15) is 4.79 Å². The number of hydrogen-bond donors (Lipinski definition) is 1. The average Bonchev–Trinajstić information content (AvgIpc) is 3.37. The topological polar surface area (TPSA) is 82.6 Å². The lowest BCUT2D eigenvalue weighted by atomic mass is 9.74. The van der Waals surface area contributed by atoms with Gasteiger partial charge in [0.2, 0.25) is 0 Å². The molecule has 0 bridgehead atoms. The van der Waals surface area contributed by atoms with E-state index < -0.39 is 0 Å². The number of carbonyl (C=O) groups is 1. The van der Waals surface area contributed by atoms with Gasteiger partial charge in [-0.3, -0.25) is 9.78 Å². The van der Waals surface area contributed by atoms with Crippen LogP contribution >= 0.6 is 12.4 Å². The second-order valence-corrected chi connectivity index (χ2v) is 8.95. The van der Waals surface area contributed by atoms with Gasteiger partial charge in [-0.05, 0) is 43.0 Å². The first-order chi connectivity index (χ1) is 15.6. The SMILES string of the molecule is COCCn1cc(C(=O)N2CCC3(CC2)COc2ccc(CN)cc23)c2nccc(C)c21.Cl. The summed E-state index contributed by atoms with van der Waals surface area (Å²) in [4.78, 5) is 20.1. The molecular formula is C25H31ClN4O3. The number of rotatable bonds is 5. The van der Waals surface area contributed by atoms with Gasteiger partial charge in [0.15, 0.2) is 0 Å². The van der Waals surface area contributed by atoms with Crippen molar-refractivity contribution in [3.05, 3.63) is 58.9 Å². The van der Waals surface area contributed by atoms with E-state index in [-0.39, 0.29) is 23.7 Å². The third-order valence-corrected chi connectivity index (χ3v) is 7.08. The molecule has 1 saturated heterocycles. The van der Waals surface area contributed by atoms with Crippen LogP contribution in [0.2, 0.25) is 0 Å². The first kappa shape index (κ1) is 23.5. The molecule has 0 atom stereocenters. The zero-order valence-corrected chi connectivity index (χ0v) is 20.0. The highest BCUT2D eigenvalue weighted by atomic mass is 35.5. The predicted molar refractivity (Wildman–Crippen MR) is 130 cm³/mol. The number of halogens is 1. The smallest absolute Gasteiger partial charge is 0.257 e. The molecule has 0 saturated carbocycles. The van der Waals surface area contributed by atoms with Crippen molar-refractivity contribution in [1.82, 2.24) is 14.5 Å². The van der Waals surface area contributed by atoms with Crippen molar-refractivity contribution < 1.29 is 14.3 Å². The number of pyridine rings is 1. The molecule has 1 amide bonds. The number of piperidine rings is 1. The minimum atomic E-state index is -0.0292. The summed E-state index contributed by atoms with van der Waals surface area (Å²) in [6, 6.07) is 8.24. The predicted octanol–water partition coefficient (Wildman–Crippen LogP) is 3.44. The van der Waals surface area contributed by atoms with Crippen molar-refractivity contribution in [2.45, 2.75) is 38.3 Å². The van der Waals surface area contributed by atoms with E-state index in [1.807, 2.05) is 29.3 Å². The van der Waals surface area contributed by atoms with Crippen molar-refractivity contribution >= 4 is 29.3 Å². The number of likely N-dealkylation sites (tertiary alicyclic amines) is 1. The highest BCUT2D eigenvalue weighted by molar-refractivity contribution is 6.06. The van der Waals surface area contributed by atoms with Crippen molar-refractivity contribution in [1.29, 1.82) is 0 Å². The van der Waals surface area contributed by atoms with Crippen LogP contribution in [0.15, 0.2) is 36.7 Å². The van der Waals surface area contributed by atoms with Crippen LogP contribution in [0.4, 0.5) is 0 Å². The van der Waals surface area contributed by atoms with E-state index in [2.05, 4.69) is 22.5 Å². The molecule has 7 nitrogen and oxygen atoms in total. The monoisotopic (exact) mass is 470 g/mol. The molecule has 1 fully saturated rings. The van der Waals surface area contributed by atoms with Crippen LogP contribution in [0, 0.1) is 6.92 Å². The number of benzene rings is 1. The first-order valence-corrected chi connectivity index (χ1v) is 11.3. The van der Waals surface area contributed by atoms with Crippen molar-refractivity contribution in [3.63, 3.8) is 0 Å². The van der Waals surface area contributed by atoms with Crippen molar-refractivity contribution in [2.24, 2.45) is 5.73 Å². The average molecular weight is 471 g/mol. The molecule has 0 aliphatic carbocycles. The highest BCUT2D eigenvalue weighted by Crippen LogP contribution is 2.46. The number of ether oxygens (including phenoxy) is 2. The molecule has 3 aromatic rings. The van der Waals surface area contributed by atoms with E-state index in [1.54, 1.807) is 13.3 Å². The van der Waals surface area contributed by atoms with Gasteiger partial charge in [0, 0.05) is 56.7 Å². The number of methoxy groups -OCH3 is 1. The number of fused-ring (bicyclic) bond motifs is 3. The first-order valence-electron chi connectivity index (χ1n) is 11.3. The molecule has 4 heterocycles. The maximum Gasteiger partial charge on any atom is 0.257 e. The Balaban J connectivity index is 0.00000259. The molecule has 1 aromatic carbocycles. The second-order valence-electron chi connectivity index (χ2n) is 8.95. The Morgan fingerprint density at radius 2 is 2.06 bits per heavy atom. The number of nitrogens with two attached hydrogens (primary N) is 1. The van der Waals surface area contributed by atoms with Gasteiger partial charge >= 0.3 is 0 Å². The molecule has 176 valence electrons. The summed E-state index contributed by atoms with van der Waals surface area (Å²) in [6.45, 7) is 5.92. The van der Waals surface area contributed by atoms with Gasteiger partial charge in [-0.15, -0.1) is 12.4 Å². The van der Waals surface area contributed by atoms with E-state index >= 15 is 0 Å². The Hall–Kier alpha value is -2.61. The molecule has 8 heteroatoms. The van der Waals surface area contributed by atoms with Crippen LogP contribution in [0.5, 0.6) is 5.75 Å². The molecule has 0 radical (unpaired) electrons. The Bertz CT molecular complexity index is 1170. The number of aryl methyl sites for hydroxylation is 1. The second kappa shape index (κ2) is 9.33. The number of aromatic nitrogens is 2. The normalized spacial score (nSPS) is 16.5.